The van der Waals surface area contributed by atoms with Crippen LogP contribution >= 0.6 is 15.9 Å². The van der Waals surface area contributed by atoms with E-state index in [0.29, 0.717) is 5.56 Å². The van der Waals surface area contributed by atoms with Crippen molar-refractivity contribution in [3.8, 4) is 0 Å². The molecule has 5 nitrogen and oxygen atoms in total. The molecule has 22 heavy (non-hydrogen) atoms. The Labute approximate surface area is 137 Å². The van der Waals surface area contributed by atoms with Crippen molar-refractivity contribution in [3.05, 3.63) is 58.3 Å². The highest BCUT2D eigenvalue weighted by molar-refractivity contribution is 9.10. The molecule has 0 fully saturated rings. The fourth-order valence-electron chi connectivity index (χ4n) is 1.95. The van der Waals surface area contributed by atoms with Gasteiger partial charge in [0, 0.05) is 29.6 Å². The fraction of sp³-hybridized carbons (Fsp3) is 0.188. The Bertz CT molecular complexity index is 689. The summed E-state index contributed by atoms with van der Waals surface area (Å²) in [6.07, 6.45) is 3.08. The number of carbonyl (C=O) groups is 2. The lowest BCUT2D eigenvalue weighted by atomic mass is 10.2. The van der Waals surface area contributed by atoms with Crippen molar-refractivity contribution in [2.45, 2.75) is 6.92 Å². The van der Waals surface area contributed by atoms with Gasteiger partial charge in [-0.2, -0.15) is 0 Å². The van der Waals surface area contributed by atoms with E-state index in [1.807, 2.05) is 25.1 Å². The van der Waals surface area contributed by atoms with Crippen molar-refractivity contribution in [1.29, 1.82) is 0 Å². The largest absolute Gasteiger partial charge is 0.332 e. The maximum Gasteiger partial charge on any atom is 0.255 e. The molecule has 0 unspecified atom stereocenters. The average Bonchev–Trinajstić information content (AvgIpc) is 2.50. The van der Waals surface area contributed by atoms with Crippen molar-refractivity contribution in [2.24, 2.45) is 0 Å². The molecule has 0 atom stereocenters. The van der Waals surface area contributed by atoms with Gasteiger partial charge in [-0.05, 0) is 42.8 Å². The minimum Gasteiger partial charge on any atom is -0.332 e. The van der Waals surface area contributed by atoms with Crippen LogP contribution in [0, 0.1) is 6.92 Å². The SMILES string of the molecule is Cc1cc(Br)ccc1NC(=O)CN(C)C(=O)c1cccnc1. The van der Waals surface area contributed by atoms with E-state index >= 15 is 0 Å². The first kappa shape index (κ1) is 16.2. The normalized spacial score (nSPS) is 10.1. The molecule has 0 aliphatic heterocycles. The first-order valence-corrected chi connectivity index (χ1v) is 7.48. The summed E-state index contributed by atoms with van der Waals surface area (Å²) >= 11 is 3.38. The molecule has 0 aliphatic rings. The number of benzene rings is 1. The summed E-state index contributed by atoms with van der Waals surface area (Å²) < 4.78 is 0.951. The zero-order valence-electron chi connectivity index (χ0n) is 12.3. The van der Waals surface area contributed by atoms with Crippen LogP contribution in [-0.4, -0.2) is 35.3 Å². The third kappa shape index (κ3) is 4.14. The third-order valence-corrected chi connectivity index (χ3v) is 3.59. The number of carbonyl (C=O) groups excluding carboxylic acids is 2. The van der Waals surface area contributed by atoms with E-state index in [1.165, 1.54) is 11.1 Å². The standard InChI is InChI=1S/C16H16BrN3O2/c1-11-8-13(17)5-6-14(11)19-15(21)10-20(2)16(22)12-4-3-7-18-9-12/h3-9H,10H2,1-2H3,(H,19,21). The predicted molar refractivity (Wildman–Crippen MR) is 88.7 cm³/mol. The van der Waals surface area contributed by atoms with E-state index < -0.39 is 0 Å². The highest BCUT2D eigenvalue weighted by Crippen LogP contribution is 2.19. The van der Waals surface area contributed by atoms with Crippen LogP contribution in [0.4, 0.5) is 5.69 Å². The number of aryl methyl sites for hydroxylation is 1. The van der Waals surface area contributed by atoms with Gasteiger partial charge in [0.1, 0.15) is 0 Å². The van der Waals surface area contributed by atoms with Gasteiger partial charge in [0.2, 0.25) is 5.91 Å². The second kappa shape index (κ2) is 7.17. The molecule has 0 bridgehead atoms. The van der Waals surface area contributed by atoms with Crippen molar-refractivity contribution in [1.82, 2.24) is 9.88 Å². The van der Waals surface area contributed by atoms with E-state index in [-0.39, 0.29) is 18.4 Å². The van der Waals surface area contributed by atoms with Crippen LogP contribution in [-0.2, 0) is 4.79 Å². The topological polar surface area (TPSA) is 62.3 Å². The quantitative estimate of drug-likeness (QED) is 0.910. The molecule has 0 saturated heterocycles. The lowest BCUT2D eigenvalue weighted by molar-refractivity contribution is -0.116. The zero-order chi connectivity index (χ0) is 16.1. The maximum atomic E-state index is 12.1. The second-order valence-corrected chi connectivity index (χ2v) is 5.83. The molecule has 2 amide bonds. The molecule has 2 aromatic rings. The number of halogens is 1. The van der Waals surface area contributed by atoms with E-state index in [0.717, 1.165) is 15.7 Å². The number of nitrogens with zero attached hydrogens (tertiary/aromatic N) is 2. The first-order chi connectivity index (χ1) is 10.5. The van der Waals surface area contributed by atoms with Gasteiger partial charge in [0.05, 0.1) is 12.1 Å². The molecule has 6 heteroatoms. The van der Waals surface area contributed by atoms with Crippen LogP contribution in [0.25, 0.3) is 0 Å². The Morgan fingerprint density at radius 1 is 1.32 bits per heavy atom. The monoisotopic (exact) mass is 361 g/mol. The van der Waals surface area contributed by atoms with Gasteiger partial charge in [-0.1, -0.05) is 15.9 Å². The molecule has 0 aliphatic carbocycles. The molecular formula is C16H16BrN3O2. The molecule has 0 saturated carbocycles. The molecule has 1 aromatic heterocycles. The van der Waals surface area contributed by atoms with Crippen LogP contribution in [0.5, 0.6) is 0 Å². The highest BCUT2D eigenvalue weighted by Gasteiger charge is 2.15. The zero-order valence-corrected chi connectivity index (χ0v) is 13.9. The molecule has 0 radical (unpaired) electrons. The number of hydrogen-bond donors (Lipinski definition) is 1. The molecule has 114 valence electrons. The Kier molecular flexibility index (Phi) is 5.27. The molecule has 0 spiro atoms. The fourth-order valence-corrected chi connectivity index (χ4v) is 2.43. The van der Waals surface area contributed by atoms with Crippen LogP contribution in [0.2, 0.25) is 0 Å². The Hall–Kier alpha value is -2.21. The van der Waals surface area contributed by atoms with Crippen molar-refractivity contribution < 1.29 is 9.59 Å². The van der Waals surface area contributed by atoms with Crippen molar-refractivity contribution in [2.75, 3.05) is 18.9 Å². The predicted octanol–water partition coefficient (Wildman–Crippen LogP) is 2.86. The van der Waals surface area contributed by atoms with Gasteiger partial charge in [-0.25, -0.2) is 0 Å². The number of aromatic nitrogens is 1. The third-order valence-electron chi connectivity index (χ3n) is 3.10. The smallest absolute Gasteiger partial charge is 0.255 e. The van der Waals surface area contributed by atoms with E-state index in [9.17, 15) is 9.59 Å². The van der Waals surface area contributed by atoms with Gasteiger partial charge in [-0.15, -0.1) is 0 Å². The lowest BCUT2D eigenvalue weighted by Crippen LogP contribution is -2.35. The summed E-state index contributed by atoms with van der Waals surface area (Å²) in [5, 5.41) is 2.81. The summed E-state index contributed by atoms with van der Waals surface area (Å²) in [6.45, 7) is 1.88. The molecule has 2 rings (SSSR count). The van der Waals surface area contributed by atoms with Crippen LogP contribution in [0.3, 0.4) is 0 Å². The first-order valence-electron chi connectivity index (χ1n) is 6.69. The number of rotatable bonds is 4. The minimum absolute atomic E-state index is 0.0246. The summed E-state index contributed by atoms with van der Waals surface area (Å²) in [4.78, 5) is 29.5. The van der Waals surface area contributed by atoms with E-state index in [4.69, 9.17) is 0 Å². The van der Waals surface area contributed by atoms with Gasteiger partial charge >= 0.3 is 0 Å². The van der Waals surface area contributed by atoms with Crippen molar-refractivity contribution >= 4 is 33.4 Å². The average molecular weight is 362 g/mol. The van der Waals surface area contributed by atoms with Crippen molar-refractivity contribution in [3.63, 3.8) is 0 Å². The number of pyridine rings is 1. The van der Waals surface area contributed by atoms with Gasteiger partial charge in [0.15, 0.2) is 0 Å². The van der Waals surface area contributed by atoms with Gasteiger partial charge in [-0.3, -0.25) is 14.6 Å². The summed E-state index contributed by atoms with van der Waals surface area (Å²) in [5.74, 6) is -0.485. The Morgan fingerprint density at radius 3 is 2.73 bits per heavy atom. The number of anilines is 1. The number of hydrogen-bond acceptors (Lipinski definition) is 3. The van der Waals surface area contributed by atoms with E-state index in [1.54, 1.807) is 25.4 Å². The number of nitrogens with one attached hydrogen (secondary N) is 1. The summed E-state index contributed by atoms with van der Waals surface area (Å²) in [7, 11) is 1.59. The molecular weight excluding hydrogens is 346 g/mol. The minimum atomic E-state index is -0.245. The molecule has 1 N–H and O–H groups in total. The van der Waals surface area contributed by atoms with E-state index in [2.05, 4.69) is 26.2 Å². The van der Waals surface area contributed by atoms with Crippen LogP contribution < -0.4 is 5.32 Å². The summed E-state index contributed by atoms with van der Waals surface area (Å²) in [6, 6.07) is 8.95. The van der Waals surface area contributed by atoms with Crippen LogP contribution in [0.15, 0.2) is 47.2 Å². The van der Waals surface area contributed by atoms with Gasteiger partial charge in [0.25, 0.3) is 5.91 Å². The van der Waals surface area contributed by atoms with Gasteiger partial charge < -0.3 is 10.2 Å². The second-order valence-electron chi connectivity index (χ2n) is 4.91. The number of amides is 2. The number of likely N-dealkylation sites (N-methyl/N-ethyl adjacent to an activating group) is 1. The molecule has 1 aromatic carbocycles. The Balaban J connectivity index is 1.98. The molecule has 1 heterocycles. The summed E-state index contributed by atoms with van der Waals surface area (Å²) in [5.41, 5.74) is 2.14. The van der Waals surface area contributed by atoms with Crippen LogP contribution in [0.1, 0.15) is 15.9 Å². The Morgan fingerprint density at radius 2 is 2.09 bits per heavy atom. The maximum absolute atomic E-state index is 12.1. The lowest BCUT2D eigenvalue weighted by Gasteiger charge is -2.17. The highest BCUT2D eigenvalue weighted by atomic mass is 79.9.